The molecule has 0 aliphatic heterocycles. The van der Waals surface area contributed by atoms with Crippen LogP contribution in [0.5, 0.6) is 5.75 Å². The van der Waals surface area contributed by atoms with Crippen LogP contribution in [0.25, 0.3) is 0 Å². The van der Waals surface area contributed by atoms with Crippen molar-refractivity contribution in [3.63, 3.8) is 0 Å². The minimum absolute atomic E-state index is 0. The number of nitrogens with one attached hydrogen (secondary N) is 1. The van der Waals surface area contributed by atoms with Gasteiger partial charge in [0.15, 0.2) is 0 Å². The van der Waals surface area contributed by atoms with Crippen LogP contribution < -0.4 is 15.8 Å². The Labute approximate surface area is 123 Å². The number of amides is 1. The highest BCUT2D eigenvalue weighted by Crippen LogP contribution is 2.21. The van der Waals surface area contributed by atoms with E-state index in [9.17, 15) is 13.6 Å². The highest BCUT2D eigenvalue weighted by Gasteiger charge is 2.27. The van der Waals surface area contributed by atoms with E-state index in [0.717, 1.165) is 0 Å². The van der Waals surface area contributed by atoms with Crippen LogP contribution >= 0.6 is 12.4 Å². The van der Waals surface area contributed by atoms with Crippen LogP contribution in [0.4, 0.5) is 14.5 Å². The summed E-state index contributed by atoms with van der Waals surface area (Å²) in [5.74, 6) is -0.289. The van der Waals surface area contributed by atoms with Crippen molar-refractivity contribution in [1.29, 1.82) is 0 Å². The quantitative estimate of drug-likeness (QED) is 0.898. The number of carbonyl (C=O) groups is 1. The second kappa shape index (κ2) is 7.40. The Hall–Kier alpha value is -1.40. The first kappa shape index (κ1) is 18.6. The number of nitrogens with two attached hydrogens (primary N) is 1. The maximum Gasteiger partial charge on any atom is 0.387 e. The van der Waals surface area contributed by atoms with Crippen molar-refractivity contribution in [3.8, 4) is 5.75 Å². The van der Waals surface area contributed by atoms with Crippen LogP contribution in [0.15, 0.2) is 24.3 Å². The Bertz CT molecular complexity index is 433. The highest BCUT2D eigenvalue weighted by molar-refractivity contribution is 5.95. The van der Waals surface area contributed by atoms with E-state index in [1.54, 1.807) is 0 Å². The van der Waals surface area contributed by atoms with Gasteiger partial charge in [0.25, 0.3) is 0 Å². The van der Waals surface area contributed by atoms with Crippen LogP contribution in [-0.4, -0.2) is 18.6 Å². The summed E-state index contributed by atoms with van der Waals surface area (Å²) >= 11 is 0. The van der Waals surface area contributed by atoms with Gasteiger partial charge >= 0.3 is 6.61 Å². The van der Waals surface area contributed by atoms with Crippen LogP contribution in [0, 0.1) is 5.41 Å². The zero-order valence-electron chi connectivity index (χ0n) is 11.5. The van der Waals surface area contributed by atoms with Crippen LogP contribution in [-0.2, 0) is 4.79 Å². The predicted molar refractivity (Wildman–Crippen MR) is 76.4 cm³/mol. The smallest absolute Gasteiger partial charge is 0.387 e. The van der Waals surface area contributed by atoms with Gasteiger partial charge < -0.3 is 15.8 Å². The lowest BCUT2D eigenvalue weighted by Gasteiger charge is -2.25. The lowest BCUT2D eigenvalue weighted by atomic mass is 9.87. The van der Waals surface area contributed by atoms with E-state index < -0.39 is 12.7 Å². The molecule has 0 bridgehead atoms. The molecule has 0 aromatic heterocycles. The molecule has 3 N–H and O–H groups in total. The number of alkyl halides is 2. The van der Waals surface area contributed by atoms with E-state index in [0.29, 0.717) is 5.69 Å². The number of ether oxygens (including phenoxy) is 1. The fraction of sp³-hybridized carbons (Fsp3) is 0.462. The molecular weight excluding hydrogens is 290 g/mol. The number of hydrogen-bond acceptors (Lipinski definition) is 3. The summed E-state index contributed by atoms with van der Waals surface area (Å²) in [6, 6.07) is 4.99. The second-order valence-corrected chi connectivity index (χ2v) is 5.24. The van der Waals surface area contributed by atoms with Gasteiger partial charge in [-0.1, -0.05) is 20.8 Å². The predicted octanol–water partition coefficient (Wildman–Crippen LogP) is 3.02. The molecule has 4 nitrogen and oxygen atoms in total. The Kier molecular flexibility index (Phi) is 6.88. The fourth-order valence-electron chi connectivity index (χ4n) is 1.33. The molecule has 1 atom stereocenters. The number of benzene rings is 1. The van der Waals surface area contributed by atoms with Crippen LogP contribution in [0.3, 0.4) is 0 Å². The van der Waals surface area contributed by atoms with Crippen molar-refractivity contribution in [2.75, 3.05) is 5.32 Å². The third kappa shape index (κ3) is 5.71. The number of hydrogen-bond donors (Lipinski definition) is 2. The molecule has 1 aromatic rings. The van der Waals surface area contributed by atoms with Gasteiger partial charge in [-0.25, -0.2) is 0 Å². The lowest BCUT2D eigenvalue weighted by Crippen LogP contribution is -2.45. The van der Waals surface area contributed by atoms with E-state index in [1.807, 2.05) is 20.8 Å². The molecular formula is C13H19ClF2N2O2. The van der Waals surface area contributed by atoms with E-state index in [1.165, 1.54) is 24.3 Å². The number of halogens is 3. The van der Waals surface area contributed by atoms with Crippen LogP contribution in [0.1, 0.15) is 20.8 Å². The molecule has 0 aliphatic rings. The average molecular weight is 309 g/mol. The van der Waals surface area contributed by atoms with Gasteiger partial charge in [-0.05, 0) is 29.7 Å². The fourth-order valence-corrected chi connectivity index (χ4v) is 1.33. The molecule has 7 heteroatoms. The zero-order chi connectivity index (χ0) is 14.6. The SMILES string of the molecule is CC(C)(C)[C@H](N)C(=O)Nc1ccc(OC(F)F)cc1.Cl. The summed E-state index contributed by atoms with van der Waals surface area (Å²) in [4.78, 5) is 11.8. The Morgan fingerprint density at radius 3 is 2.15 bits per heavy atom. The summed E-state index contributed by atoms with van der Waals surface area (Å²) in [5.41, 5.74) is 5.92. The molecule has 0 aliphatic carbocycles. The molecule has 1 amide bonds. The number of rotatable bonds is 4. The van der Waals surface area contributed by atoms with Gasteiger partial charge in [0, 0.05) is 5.69 Å². The van der Waals surface area contributed by atoms with Gasteiger partial charge in [-0.15, -0.1) is 12.4 Å². The van der Waals surface area contributed by atoms with E-state index in [4.69, 9.17) is 5.73 Å². The molecule has 0 radical (unpaired) electrons. The molecule has 1 aromatic carbocycles. The van der Waals surface area contributed by atoms with Gasteiger partial charge in [0.1, 0.15) is 5.75 Å². The van der Waals surface area contributed by atoms with Gasteiger partial charge in [-0.2, -0.15) is 8.78 Å². The van der Waals surface area contributed by atoms with Crippen molar-refractivity contribution >= 4 is 24.0 Å². The molecule has 0 heterocycles. The normalized spacial score (nSPS) is 12.6. The molecule has 0 saturated carbocycles. The summed E-state index contributed by atoms with van der Waals surface area (Å²) in [7, 11) is 0. The summed E-state index contributed by atoms with van der Waals surface area (Å²) in [6.45, 7) is 2.71. The van der Waals surface area contributed by atoms with E-state index >= 15 is 0 Å². The maximum atomic E-state index is 12.0. The molecule has 0 spiro atoms. The van der Waals surface area contributed by atoms with Crippen LogP contribution in [0.2, 0.25) is 0 Å². The molecule has 1 rings (SSSR count). The van der Waals surface area contributed by atoms with Gasteiger partial charge in [0.05, 0.1) is 6.04 Å². The van der Waals surface area contributed by atoms with E-state index in [-0.39, 0.29) is 29.5 Å². The Balaban J connectivity index is 0.00000361. The average Bonchev–Trinajstić information content (AvgIpc) is 2.28. The molecule has 0 saturated heterocycles. The van der Waals surface area contributed by atoms with E-state index in [2.05, 4.69) is 10.1 Å². The first-order chi connectivity index (χ1) is 8.70. The van der Waals surface area contributed by atoms with Gasteiger partial charge in [-0.3, -0.25) is 4.79 Å². The maximum absolute atomic E-state index is 12.0. The minimum Gasteiger partial charge on any atom is -0.435 e. The Morgan fingerprint density at radius 2 is 1.75 bits per heavy atom. The number of carbonyl (C=O) groups excluding carboxylic acids is 1. The van der Waals surface area contributed by atoms with Crippen molar-refractivity contribution < 1.29 is 18.3 Å². The first-order valence-electron chi connectivity index (χ1n) is 5.81. The van der Waals surface area contributed by atoms with Crippen molar-refractivity contribution in [1.82, 2.24) is 0 Å². The largest absolute Gasteiger partial charge is 0.435 e. The monoisotopic (exact) mass is 308 g/mol. The molecule has 20 heavy (non-hydrogen) atoms. The standard InChI is InChI=1S/C13H18F2N2O2.ClH/c1-13(2,3)10(16)11(18)17-8-4-6-9(7-5-8)19-12(14)15;/h4-7,10,12H,16H2,1-3H3,(H,17,18);1H/t10-;/m1./s1. The van der Waals surface area contributed by atoms with Crippen molar-refractivity contribution in [2.24, 2.45) is 11.1 Å². The third-order valence-corrected chi connectivity index (χ3v) is 2.56. The minimum atomic E-state index is -2.87. The highest BCUT2D eigenvalue weighted by atomic mass is 35.5. The summed E-state index contributed by atoms with van der Waals surface area (Å²) < 4.78 is 28.1. The van der Waals surface area contributed by atoms with Gasteiger partial charge in [0.2, 0.25) is 5.91 Å². The molecule has 0 fully saturated rings. The topological polar surface area (TPSA) is 64.4 Å². The molecule has 0 unspecified atom stereocenters. The zero-order valence-corrected chi connectivity index (χ0v) is 12.3. The number of anilines is 1. The Morgan fingerprint density at radius 1 is 1.25 bits per heavy atom. The summed E-state index contributed by atoms with van der Waals surface area (Å²) in [5, 5.41) is 2.62. The van der Waals surface area contributed by atoms with Crippen molar-refractivity contribution in [2.45, 2.75) is 33.4 Å². The third-order valence-electron chi connectivity index (χ3n) is 2.56. The summed E-state index contributed by atoms with van der Waals surface area (Å²) in [6.07, 6.45) is 0. The first-order valence-corrected chi connectivity index (χ1v) is 5.81. The van der Waals surface area contributed by atoms with Crippen molar-refractivity contribution in [3.05, 3.63) is 24.3 Å². The second-order valence-electron chi connectivity index (χ2n) is 5.24. The lowest BCUT2D eigenvalue weighted by molar-refractivity contribution is -0.119. The molecule has 114 valence electrons.